The van der Waals surface area contributed by atoms with Crippen LogP contribution in [0.2, 0.25) is 0 Å². The molecule has 74 valence electrons. The average molecular weight is 221 g/mol. The molecule has 0 aliphatic heterocycles. The number of hydrogen-bond donors (Lipinski definition) is 0. The molecule has 0 atom stereocenters. The van der Waals surface area contributed by atoms with Crippen molar-refractivity contribution in [2.45, 2.75) is 6.18 Å². The van der Waals surface area contributed by atoms with E-state index >= 15 is 0 Å². The highest BCUT2D eigenvalue weighted by atomic mass is 32.1. The quantitative estimate of drug-likeness (QED) is 0.401. The van der Waals surface area contributed by atoms with Gasteiger partial charge in [-0.1, -0.05) is 6.07 Å². The van der Waals surface area contributed by atoms with E-state index in [1.54, 1.807) is 5.16 Å². The van der Waals surface area contributed by atoms with Crippen molar-refractivity contribution in [3.63, 3.8) is 0 Å². The zero-order chi connectivity index (χ0) is 10.8. The second-order valence-corrected chi connectivity index (χ2v) is 2.52. The molecule has 0 amide bonds. The molecule has 1 rings (SSSR count). The highest BCUT2D eigenvalue weighted by Crippen LogP contribution is 2.34. The number of aliphatic imine (C=N–C) groups is 1. The van der Waals surface area contributed by atoms with E-state index in [1.165, 1.54) is 0 Å². The molecule has 6 heteroatoms. The number of rotatable bonds is 1. The Kier molecular flexibility index (Phi) is 2.98. The second-order valence-electron chi connectivity index (χ2n) is 2.34. The van der Waals surface area contributed by atoms with Crippen LogP contribution in [0.5, 0.6) is 0 Å². The van der Waals surface area contributed by atoms with Crippen molar-refractivity contribution in [2.75, 3.05) is 0 Å². The molecule has 0 N–H and O–H groups in total. The molecule has 0 fully saturated rings. The minimum Gasteiger partial charge on any atom is -0.204 e. The van der Waals surface area contributed by atoms with Gasteiger partial charge in [0.2, 0.25) is 0 Å². The lowest BCUT2D eigenvalue weighted by atomic mass is 10.2. The van der Waals surface area contributed by atoms with E-state index in [2.05, 4.69) is 17.2 Å². The summed E-state index contributed by atoms with van der Waals surface area (Å²) in [5.74, 6) is -1.43. The Bertz CT molecular complexity index is 393. The van der Waals surface area contributed by atoms with Gasteiger partial charge < -0.3 is 0 Å². The number of halogens is 4. The van der Waals surface area contributed by atoms with E-state index in [0.717, 1.165) is 12.1 Å². The normalized spacial score (nSPS) is 10.9. The predicted molar refractivity (Wildman–Crippen MR) is 46.1 cm³/mol. The summed E-state index contributed by atoms with van der Waals surface area (Å²) in [7, 11) is 0. The first-order valence-corrected chi connectivity index (χ1v) is 3.81. The summed E-state index contributed by atoms with van der Waals surface area (Å²) in [6, 6.07) is 2.78. The third-order valence-electron chi connectivity index (χ3n) is 1.45. The molecule has 1 aromatic rings. The Labute approximate surface area is 82.1 Å². The first kappa shape index (κ1) is 10.8. The minimum absolute atomic E-state index is 0.463. The van der Waals surface area contributed by atoms with Crippen molar-refractivity contribution >= 4 is 23.1 Å². The van der Waals surface area contributed by atoms with Gasteiger partial charge in [-0.05, 0) is 24.4 Å². The molecule has 1 aromatic carbocycles. The van der Waals surface area contributed by atoms with E-state index in [0.29, 0.717) is 6.07 Å². The highest BCUT2D eigenvalue weighted by molar-refractivity contribution is 7.78. The predicted octanol–water partition coefficient (Wildman–Crippen LogP) is 3.58. The molecule has 0 heterocycles. The van der Waals surface area contributed by atoms with Gasteiger partial charge >= 0.3 is 6.18 Å². The van der Waals surface area contributed by atoms with Crippen molar-refractivity contribution in [3.05, 3.63) is 29.6 Å². The van der Waals surface area contributed by atoms with Crippen molar-refractivity contribution in [1.29, 1.82) is 0 Å². The van der Waals surface area contributed by atoms with Gasteiger partial charge in [-0.3, -0.25) is 0 Å². The lowest BCUT2D eigenvalue weighted by Crippen LogP contribution is -2.07. The van der Waals surface area contributed by atoms with E-state index in [-0.39, 0.29) is 0 Å². The molecular weight excluding hydrogens is 218 g/mol. The Hall–Kier alpha value is -1.26. The fraction of sp³-hybridized carbons (Fsp3) is 0.125. The first-order valence-electron chi connectivity index (χ1n) is 3.40. The van der Waals surface area contributed by atoms with Crippen molar-refractivity contribution in [1.82, 2.24) is 0 Å². The lowest BCUT2D eigenvalue weighted by molar-refractivity contribution is -0.139. The summed E-state index contributed by atoms with van der Waals surface area (Å²) >= 11 is 4.17. The van der Waals surface area contributed by atoms with Crippen LogP contribution in [0.4, 0.5) is 23.2 Å². The average Bonchev–Trinajstić information content (AvgIpc) is 2.07. The topological polar surface area (TPSA) is 12.4 Å². The smallest absolute Gasteiger partial charge is 0.204 e. The van der Waals surface area contributed by atoms with Crippen LogP contribution in [0.3, 0.4) is 0 Å². The summed E-state index contributed by atoms with van der Waals surface area (Å²) in [5, 5.41) is 1.80. The van der Waals surface area contributed by atoms with Crippen LogP contribution in [0.1, 0.15) is 5.56 Å². The van der Waals surface area contributed by atoms with Crippen LogP contribution < -0.4 is 0 Å². The fourth-order valence-electron chi connectivity index (χ4n) is 0.874. The number of isothiocyanates is 1. The molecule has 14 heavy (non-hydrogen) atoms. The van der Waals surface area contributed by atoms with Gasteiger partial charge in [-0.15, -0.1) is 0 Å². The van der Waals surface area contributed by atoms with Gasteiger partial charge in [0.25, 0.3) is 0 Å². The Morgan fingerprint density at radius 1 is 1.29 bits per heavy atom. The van der Waals surface area contributed by atoms with E-state index in [4.69, 9.17) is 0 Å². The third-order valence-corrected chi connectivity index (χ3v) is 1.54. The molecule has 0 aromatic heterocycles. The largest absolute Gasteiger partial charge is 0.419 e. The summed E-state index contributed by atoms with van der Waals surface area (Å²) in [6.45, 7) is 0. The monoisotopic (exact) mass is 221 g/mol. The molecule has 0 bridgehead atoms. The number of nitrogens with zero attached hydrogens (tertiary/aromatic N) is 1. The Morgan fingerprint density at radius 3 is 2.43 bits per heavy atom. The summed E-state index contributed by atoms with van der Waals surface area (Å²) in [4.78, 5) is 3.17. The maximum atomic E-state index is 13.1. The summed E-state index contributed by atoms with van der Waals surface area (Å²) in [6.07, 6.45) is -4.73. The standard InChI is InChI=1S/C8H3F4NS/c9-7-5(8(10,11)12)2-1-3-6(7)13-4-14/h1-3H. The highest BCUT2D eigenvalue weighted by Gasteiger charge is 2.34. The van der Waals surface area contributed by atoms with Crippen molar-refractivity contribution in [3.8, 4) is 0 Å². The van der Waals surface area contributed by atoms with Gasteiger partial charge in [0.05, 0.1) is 10.7 Å². The third kappa shape index (κ3) is 2.16. The van der Waals surface area contributed by atoms with Gasteiger partial charge in [0.1, 0.15) is 5.69 Å². The fourth-order valence-corrected chi connectivity index (χ4v) is 0.973. The molecule has 0 saturated heterocycles. The van der Waals surface area contributed by atoms with Gasteiger partial charge in [-0.2, -0.15) is 18.2 Å². The second kappa shape index (κ2) is 3.86. The summed E-state index contributed by atoms with van der Waals surface area (Å²) < 4.78 is 49.5. The van der Waals surface area contributed by atoms with E-state index < -0.39 is 23.2 Å². The molecule has 1 nitrogen and oxygen atoms in total. The zero-order valence-corrected chi connectivity index (χ0v) is 7.42. The number of hydrogen-bond acceptors (Lipinski definition) is 2. The molecule has 0 unspecified atom stereocenters. The lowest BCUT2D eigenvalue weighted by Gasteiger charge is -2.07. The summed E-state index contributed by atoms with van der Waals surface area (Å²) in [5.41, 5.74) is -1.82. The SMILES string of the molecule is Fc1c(N=C=S)cccc1C(F)(F)F. The van der Waals surface area contributed by atoms with Crippen molar-refractivity contribution < 1.29 is 17.6 Å². The van der Waals surface area contributed by atoms with Crippen LogP contribution in [0.15, 0.2) is 23.2 Å². The van der Waals surface area contributed by atoms with E-state index in [9.17, 15) is 17.6 Å². The van der Waals surface area contributed by atoms with Crippen LogP contribution in [0, 0.1) is 5.82 Å². The number of benzene rings is 1. The van der Waals surface area contributed by atoms with Crippen LogP contribution in [-0.4, -0.2) is 5.16 Å². The molecule has 0 spiro atoms. The van der Waals surface area contributed by atoms with Gasteiger partial charge in [0.15, 0.2) is 5.82 Å². The molecular formula is C8H3F4NS. The number of thiocarbonyl (C=S) groups is 1. The van der Waals surface area contributed by atoms with Crippen LogP contribution in [0.25, 0.3) is 0 Å². The van der Waals surface area contributed by atoms with Gasteiger partial charge in [-0.25, -0.2) is 4.39 Å². The van der Waals surface area contributed by atoms with Crippen LogP contribution >= 0.6 is 12.2 Å². The van der Waals surface area contributed by atoms with Gasteiger partial charge in [0, 0.05) is 0 Å². The molecule has 0 radical (unpaired) electrons. The zero-order valence-electron chi connectivity index (χ0n) is 6.60. The molecule has 0 saturated carbocycles. The number of alkyl halides is 3. The van der Waals surface area contributed by atoms with Crippen LogP contribution in [-0.2, 0) is 6.18 Å². The molecule has 0 aliphatic rings. The van der Waals surface area contributed by atoms with Crippen molar-refractivity contribution in [2.24, 2.45) is 4.99 Å². The van der Waals surface area contributed by atoms with E-state index in [1.807, 2.05) is 0 Å². The Morgan fingerprint density at radius 2 is 1.93 bits per heavy atom. The minimum atomic E-state index is -4.73. The maximum absolute atomic E-state index is 13.1. The maximum Gasteiger partial charge on any atom is 0.419 e. The first-order chi connectivity index (χ1) is 6.46. The molecule has 0 aliphatic carbocycles. The Balaban J connectivity index is 3.34.